The van der Waals surface area contributed by atoms with Gasteiger partial charge in [0.05, 0.1) is 18.8 Å². The third kappa shape index (κ3) is 4.86. The monoisotopic (exact) mass is 412 g/mol. The van der Waals surface area contributed by atoms with Crippen LogP contribution in [0.2, 0.25) is 5.04 Å². The molecule has 3 rings (SSSR count). The maximum Gasteiger partial charge on any atom is 0.261 e. The lowest BCUT2D eigenvalue weighted by molar-refractivity contribution is -0.238. The van der Waals surface area contributed by atoms with Gasteiger partial charge in [0.25, 0.3) is 8.32 Å². The molecule has 156 valence electrons. The lowest BCUT2D eigenvalue weighted by Gasteiger charge is -2.44. The van der Waals surface area contributed by atoms with Crippen molar-refractivity contribution in [1.29, 1.82) is 0 Å². The first-order valence-electron chi connectivity index (χ1n) is 10.4. The fraction of sp³-hybridized carbons (Fsp3) is 0.458. The lowest BCUT2D eigenvalue weighted by Crippen LogP contribution is -2.67. The average molecular weight is 413 g/mol. The maximum atomic E-state index is 11.0. The SMILES string of the molecule is C[C@@H]1OC(CC=O)C[C@H](CO[Si](c2ccccc2)(c2ccccc2)C(C)(C)C)O1. The number of carbonyl (C=O) groups excluding carboxylic acids is 1. The first kappa shape index (κ1) is 21.9. The predicted octanol–water partition coefficient (Wildman–Crippen LogP) is 3.67. The lowest BCUT2D eigenvalue weighted by atomic mass is 10.1. The van der Waals surface area contributed by atoms with Gasteiger partial charge in [-0.25, -0.2) is 0 Å². The fourth-order valence-electron chi connectivity index (χ4n) is 4.32. The van der Waals surface area contributed by atoms with Crippen molar-refractivity contribution in [3.05, 3.63) is 60.7 Å². The Balaban J connectivity index is 1.95. The molecule has 1 saturated heterocycles. The zero-order chi connectivity index (χ0) is 20.9. The largest absolute Gasteiger partial charge is 0.405 e. The minimum atomic E-state index is -2.59. The first-order valence-corrected chi connectivity index (χ1v) is 12.3. The van der Waals surface area contributed by atoms with Gasteiger partial charge in [0.1, 0.15) is 6.29 Å². The molecule has 0 radical (unpaired) electrons. The van der Waals surface area contributed by atoms with E-state index in [9.17, 15) is 4.79 Å². The Morgan fingerprint density at radius 3 is 1.97 bits per heavy atom. The second-order valence-corrected chi connectivity index (χ2v) is 13.0. The Hall–Kier alpha value is -1.79. The summed E-state index contributed by atoms with van der Waals surface area (Å²) in [5.74, 6) is 0. The highest BCUT2D eigenvalue weighted by molar-refractivity contribution is 6.99. The van der Waals surface area contributed by atoms with Crippen molar-refractivity contribution in [3.63, 3.8) is 0 Å². The van der Waals surface area contributed by atoms with Gasteiger partial charge in [-0.3, -0.25) is 0 Å². The zero-order valence-electron chi connectivity index (χ0n) is 17.8. The minimum Gasteiger partial charge on any atom is -0.405 e. The molecule has 2 aromatic rings. The molecule has 29 heavy (non-hydrogen) atoms. The van der Waals surface area contributed by atoms with E-state index < -0.39 is 8.32 Å². The molecule has 0 aromatic heterocycles. The molecular formula is C24H32O4Si. The Morgan fingerprint density at radius 2 is 1.48 bits per heavy atom. The Bertz CT molecular complexity index is 733. The van der Waals surface area contributed by atoms with Gasteiger partial charge >= 0.3 is 0 Å². The molecule has 0 N–H and O–H groups in total. The molecule has 2 aromatic carbocycles. The molecule has 1 fully saturated rings. The molecule has 1 aliphatic heterocycles. The van der Waals surface area contributed by atoms with E-state index in [1.165, 1.54) is 10.4 Å². The molecule has 0 amide bonds. The number of carbonyl (C=O) groups is 1. The number of aldehydes is 1. The zero-order valence-corrected chi connectivity index (χ0v) is 18.8. The van der Waals surface area contributed by atoms with Crippen molar-refractivity contribution < 1.29 is 18.7 Å². The molecular weight excluding hydrogens is 380 g/mol. The van der Waals surface area contributed by atoms with Gasteiger partial charge in [-0.05, 0) is 22.3 Å². The van der Waals surface area contributed by atoms with Crippen LogP contribution in [0, 0.1) is 0 Å². The van der Waals surface area contributed by atoms with Crippen LogP contribution in [0.4, 0.5) is 0 Å². The quantitative estimate of drug-likeness (QED) is 0.514. The maximum absolute atomic E-state index is 11.0. The van der Waals surface area contributed by atoms with Gasteiger partial charge in [0.2, 0.25) is 0 Å². The average Bonchev–Trinajstić information content (AvgIpc) is 2.69. The summed E-state index contributed by atoms with van der Waals surface area (Å²) in [6.07, 6.45) is 1.45. The second kappa shape index (κ2) is 9.35. The summed E-state index contributed by atoms with van der Waals surface area (Å²) in [5, 5.41) is 2.43. The van der Waals surface area contributed by atoms with Crippen LogP contribution in [0.3, 0.4) is 0 Å². The summed E-state index contributed by atoms with van der Waals surface area (Å²) in [6.45, 7) is 9.16. The van der Waals surface area contributed by atoms with Crippen LogP contribution in [-0.4, -0.2) is 39.7 Å². The molecule has 0 aliphatic carbocycles. The summed E-state index contributed by atoms with van der Waals surface area (Å²) in [5.41, 5.74) is 0. The minimum absolute atomic E-state index is 0.0747. The third-order valence-corrected chi connectivity index (χ3v) is 10.6. The molecule has 4 nitrogen and oxygen atoms in total. The van der Waals surface area contributed by atoms with Crippen LogP contribution in [0.5, 0.6) is 0 Å². The molecule has 5 heteroatoms. The molecule has 1 heterocycles. The van der Waals surface area contributed by atoms with Crippen molar-refractivity contribution in [2.24, 2.45) is 0 Å². The van der Waals surface area contributed by atoms with Crippen LogP contribution >= 0.6 is 0 Å². The van der Waals surface area contributed by atoms with Gasteiger partial charge in [-0.1, -0.05) is 81.4 Å². The van der Waals surface area contributed by atoms with Crippen molar-refractivity contribution in [2.45, 2.75) is 64.1 Å². The first-order chi connectivity index (χ1) is 13.9. The molecule has 1 aliphatic rings. The van der Waals surface area contributed by atoms with E-state index in [4.69, 9.17) is 13.9 Å². The normalized spacial score (nSPS) is 23.0. The highest BCUT2D eigenvalue weighted by Gasteiger charge is 2.50. The topological polar surface area (TPSA) is 44.8 Å². The number of benzene rings is 2. The third-order valence-electron chi connectivity index (χ3n) is 5.56. The van der Waals surface area contributed by atoms with Gasteiger partial charge in [0.15, 0.2) is 6.29 Å². The highest BCUT2D eigenvalue weighted by Crippen LogP contribution is 2.37. The molecule has 0 spiro atoms. The standard InChI is InChI=1S/C24H32O4Si/c1-19-27-20(15-16-25)17-21(28-19)18-26-29(24(2,3)4,22-11-7-5-8-12-22)23-13-9-6-10-14-23/h5-14,16,19-21H,15,17-18H2,1-4H3/t19-,20?,21-/m1/s1. The van der Waals surface area contributed by atoms with Crippen molar-refractivity contribution in [1.82, 2.24) is 0 Å². The molecule has 1 unspecified atom stereocenters. The Labute approximate surface area is 175 Å². The van der Waals surface area contributed by atoms with Crippen LogP contribution in [0.15, 0.2) is 60.7 Å². The van der Waals surface area contributed by atoms with E-state index >= 15 is 0 Å². The van der Waals surface area contributed by atoms with Crippen LogP contribution in [0.25, 0.3) is 0 Å². The van der Waals surface area contributed by atoms with Crippen LogP contribution < -0.4 is 10.4 Å². The second-order valence-electron chi connectivity index (χ2n) is 8.70. The van der Waals surface area contributed by atoms with Crippen molar-refractivity contribution in [2.75, 3.05) is 6.61 Å². The summed E-state index contributed by atoms with van der Waals surface area (Å²) in [7, 11) is -2.59. The van der Waals surface area contributed by atoms with Gasteiger partial charge in [-0.15, -0.1) is 0 Å². The van der Waals surface area contributed by atoms with E-state index in [0.29, 0.717) is 19.4 Å². The smallest absolute Gasteiger partial charge is 0.261 e. The van der Waals surface area contributed by atoms with E-state index in [1.54, 1.807) is 0 Å². The van der Waals surface area contributed by atoms with E-state index in [2.05, 4.69) is 69.3 Å². The Kier molecular flexibility index (Phi) is 7.06. The summed E-state index contributed by atoms with van der Waals surface area (Å²) in [6, 6.07) is 21.2. The summed E-state index contributed by atoms with van der Waals surface area (Å²) >= 11 is 0. The van der Waals surface area contributed by atoms with E-state index in [1.807, 2.05) is 19.1 Å². The molecule has 0 bridgehead atoms. The predicted molar refractivity (Wildman–Crippen MR) is 118 cm³/mol. The number of hydrogen-bond donors (Lipinski definition) is 0. The number of ether oxygens (including phenoxy) is 2. The molecule has 0 saturated carbocycles. The highest BCUT2D eigenvalue weighted by atomic mass is 28.4. The van der Waals surface area contributed by atoms with Crippen molar-refractivity contribution >= 4 is 25.0 Å². The van der Waals surface area contributed by atoms with Gasteiger partial charge in [-0.2, -0.15) is 0 Å². The van der Waals surface area contributed by atoms with Gasteiger partial charge < -0.3 is 18.7 Å². The number of rotatable bonds is 7. The Morgan fingerprint density at radius 1 is 0.966 bits per heavy atom. The van der Waals surface area contributed by atoms with E-state index in [0.717, 1.165) is 6.29 Å². The summed E-state index contributed by atoms with van der Waals surface area (Å²) < 4.78 is 18.7. The fourth-order valence-corrected chi connectivity index (χ4v) is 8.92. The summed E-state index contributed by atoms with van der Waals surface area (Å²) in [4.78, 5) is 11.0. The number of hydrogen-bond acceptors (Lipinski definition) is 4. The van der Waals surface area contributed by atoms with Crippen LogP contribution in [-0.2, 0) is 18.7 Å². The molecule has 3 atom stereocenters. The van der Waals surface area contributed by atoms with Crippen molar-refractivity contribution in [3.8, 4) is 0 Å². The van der Waals surface area contributed by atoms with Crippen LogP contribution in [0.1, 0.15) is 40.5 Å². The van der Waals surface area contributed by atoms with Gasteiger partial charge in [0, 0.05) is 12.8 Å². The van der Waals surface area contributed by atoms with E-state index in [-0.39, 0.29) is 23.5 Å².